The normalized spacial score (nSPS) is 10.3. The highest BCUT2D eigenvalue weighted by atomic mass is 16.6. The number of ether oxygens (including phenoxy) is 3. The summed E-state index contributed by atoms with van der Waals surface area (Å²) in [6.45, 7) is 1.55. The quantitative estimate of drug-likeness (QED) is 0.415. The fraction of sp³-hybridized carbons (Fsp3) is 0.200. The number of aryl methyl sites for hydroxylation is 1. The van der Waals surface area contributed by atoms with Gasteiger partial charge in [-0.15, -0.1) is 0 Å². The second kappa shape index (κ2) is 8.95. The molecule has 0 amide bonds. The summed E-state index contributed by atoms with van der Waals surface area (Å²) >= 11 is 0. The van der Waals surface area contributed by atoms with Crippen LogP contribution in [0.4, 0.5) is 28.8 Å². The van der Waals surface area contributed by atoms with E-state index in [1.165, 1.54) is 7.11 Å². The first kappa shape index (κ1) is 20.6. The van der Waals surface area contributed by atoms with Crippen LogP contribution in [0.3, 0.4) is 0 Å². The first-order valence-electron chi connectivity index (χ1n) is 8.88. The van der Waals surface area contributed by atoms with Crippen molar-refractivity contribution in [2.75, 3.05) is 32.0 Å². The lowest BCUT2D eigenvalue weighted by Crippen LogP contribution is -2.08. The van der Waals surface area contributed by atoms with Crippen LogP contribution in [0, 0.1) is 17.0 Å². The van der Waals surface area contributed by atoms with Crippen LogP contribution in [0.15, 0.2) is 42.5 Å². The average molecular weight is 411 g/mol. The van der Waals surface area contributed by atoms with Crippen LogP contribution in [-0.2, 0) is 0 Å². The number of nitrogens with one attached hydrogen (secondary N) is 2. The summed E-state index contributed by atoms with van der Waals surface area (Å²) in [4.78, 5) is 19.6. The van der Waals surface area contributed by atoms with Crippen molar-refractivity contribution < 1.29 is 19.1 Å². The Hall–Kier alpha value is -4.08. The summed E-state index contributed by atoms with van der Waals surface area (Å²) in [5.41, 5.74) is 1.16. The lowest BCUT2D eigenvalue weighted by atomic mass is 10.2. The molecule has 2 aromatic carbocycles. The van der Waals surface area contributed by atoms with Gasteiger partial charge in [-0.3, -0.25) is 10.1 Å². The highest BCUT2D eigenvalue weighted by molar-refractivity contribution is 5.71. The third-order valence-electron chi connectivity index (χ3n) is 4.23. The molecule has 0 saturated carbocycles. The number of hydrogen-bond donors (Lipinski definition) is 2. The van der Waals surface area contributed by atoms with Crippen LogP contribution in [0.25, 0.3) is 0 Å². The van der Waals surface area contributed by atoms with Gasteiger partial charge in [-0.25, -0.2) is 4.98 Å². The molecule has 1 aromatic heterocycles. The average Bonchev–Trinajstić information content (AvgIpc) is 2.73. The van der Waals surface area contributed by atoms with Crippen molar-refractivity contribution in [1.29, 1.82) is 0 Å². The molecule has 0 unspecified atom stereocenters. The Morgan fingerprint density at radius 1 is 0.933 bits per heavy atom. The maximum absolute atomic E-state index is 11.6. The van der Waals surface area contributed by atoms with E-state index in [4.69, 9.17) is 14.2 Å². The smallest absolute Gasteiger partial charge is 0.332 e. The summed E-state index contributed by atoms with van der Waals surface area (Å²) in [6, 6.07) is 12.2. The Labute approximate surface area is 173 Å². The maximum atomic E-state index is 11.6. The molecule has 10 nitrogen and oxygen atoms in total. The van der Waals surface area contributed by atoms with Crippen LogP contribution in [0.1, 0.15) is 5.69 Å². The molecule has 0 aliphatic heterocycles. The molecule has 0 saturated heterocycles. The van der Waals surface area contributed by atoms with Crippen LogP contribution in [-0.4, -0.2) is 36.2 Å². The van der Waals surface area contributed by atoms with Crippen molar-refractivity contribution in [2.45, 2.75) is 6.92 Å². The second-order valence-electron chi connectivity index (χ2n) is 6.14. The van der Waals surface area contributed by atoms with E-state index in [1.54, 1.807) is 63.6 Å². The SMILES string of the molecule is COc1cccc(Nc2nc(Nc3ccc(OC)cc3OC)nc(C)c2[N+](=O)[O-])c1. The Balaban J connectivity index is 2.00. The molecule has 2 N–H and O–H groups in total. The minimum absolute atomic E-state index is 0.0516. The number of nitrogens with zero attached hydrogens (tertiary/aromatic N) is 3. The van der Waals surface area contributed by atoms with Crippen molar-refractivity contribution in [2.24, 2.45) is 0 Å². The van der Waals surface area contributed by atoms with Gasteiger partial charge in [0.15, 0.2) is 0 Å². The van der Waals surface area contributed by atoms with Crippen molar-refractivity contribution >= 4 is 28.8 Å². The molecule has 156 valence electrons. The standard InChI is InChI=1S/C20H21N5O5/c1-12-18(25(26)27)19(22-13-6-5-7-14(10-13)28-2)24-20(21-12)23-16-9-8-15(29-3)11-17(16)30-4/h5-11H,1-4H3,(H2,21,22,23,24). The van der Waals surface area contributed by atoms with E-state index in [0.29, 0.717) is 28.6 Å². The summed E-state index contributed by atoms with van der Waals surface area (Å²) in [5, 5.41) is 17.6. The van der Waals surface area contributed by atoms with Gasteiger partial charge in [-0.2, -0.15) is 4.98 Å². The van der Waals surface area contributed by atoms with Gasteiger partial charge in [-0.1, -0.05) is 6.07 Å². The molecule has 0 aliphatic rings. The highest BCUT2D eigenvalue weighted by Gasteiger charge is 2.23. The Morgan fingerprint density at radius 2 is 1.67 bits per heavy atom. The molecule has 0 aliphatic carbocycles. The minimum atomic E-state index is -0.518. The molecule has 0 spiro atoms. The number of benzene rings is 2. The summed E-state index contributed by atoms with van der Waals surface area (Å²) < 4.78 is 15.8. The van der Waals surface area contributed by atoms with E-state index in [0.717, 1.165) is 0 Å². The number of aromatic nitrogens is 2. The number of methoxy groups -OCH3 is 3. The molecular formula is C20H21N5O5. The zero-order valence-corrected chi connectivity index (χ0v) is 16.9. The number of nitro groups is 1. The van der Waals surface area contributed by atoms with Crippen LogP contribution >= 0.6 is 0 Å². The zero-order valence-electron chi connectivity index (χ0n) is 16.9. The monoisotopic (exact) mass is 411 g/mol. The summed E-state index contributed by atoms with van der Waals surface area (Å²) in [7, 11) is 4.62. The van der Waals surface area contributed by atoms with Gasteiger partial charge in [0.2, 0.25) is 11.8 Å². The van der Waals surface area contributed by atoms with Crippen molar-refractivity contribution in [3.05, 3.63) is 58.3 Å². The molecular weight excluding hydrogens is 390 g/mol. The van der Waals surface area contributed by atoms with Gasteiger partial charge >= 0.3 is 5.69 Å². The number of hydrogen-bond acceptors (Lipinski definition) is 9. The lowest BCUT2D eigenvalue weighted by Gasteiger charge is -2.14. The Kier molecular flexibility index (Phi) is 6.16. The third-order valence-corrected chi connectivity index (χ3v) is 4.23. The minimum Gasteiger partial charge on any atom is -0.497 e. The van der Waals surface area contributed by atoms with E-state index in [-0.39, 0.29) is 23.1 Å². The highest BCUT2D eigenvalue weighted by Crippen LogP contribution is 2.34. The van der Waals surface area contributed by atoms with Crippen molar-refractivity contribution in [1.82, 2.24) is 9.97 Å². The summed E-state index contributed by atoms with van der Waals surface area (Å²) in [5.74, 6) is 1.97. The Morgan fingerprint density at radius 3 is 2.33 bits per heavy atom. The van der Waals surface area contributed by atoms with Gasteiger partial charge in [0.1, 0.15) is 22.9 Å². The van der Waals surface area contributed by atoms with Gasteiger partial charge < -0.3 is 24.8 Å². The Bertz CT molecular complexity index is 1070. The van der Waals surface area contributed by atoms with E-state index in [1.807, 2.05) is 0 Å². The molecule has 3 rings (SSSR count). The first-order valence-corrected chi connectivity index (χ1v) is 8.88. The van der Waals surface area contributed by atoms with E-state index < -0.39 is 4.92 Å². The zero-order chi connectivity index (χ0) is 21.7. The van der Waals surface area contributed by atoms with Gasteiger partial charge in [-0.05, 0) is 31.2 Å². The van der Waals surface area contributed by atoms with E-state index in [9.17, 15) is 10.1 Å². The third kappa shape index (κ3) is 4.49. The first-order chi connectivity index (χ1) is 14.4. The maximum Gasteiger partial charge on any atom is 0.332 e. The van der Waals surface area contributed by atoms with Crippen molar-refractivity contribution in [3.63, 3.8) is 0 Å². The van der Waals surface area contributed by atoms with Gasteiger partial charge in [0.25, 0.3) is 0 Å². The molecule has 0 bridgehead atoms. The van der Waals surface area contributed by atoms with Crippen molar-refractivity contribution in [3.8, 4) is 17.2 Å². The topological polar surface area (TPSA) is 121 Å². The predicted octanol–water partition coefficient (Wildman–Crippen LogP) is 4.21. The largest absolute Gasteiger partial charge is 0.497 e. The molecule has 0 fully saturated rings. The molecule has 0 radical (unpaired) electrons. The summed E-state index contributed by atoms with van der Waals surface area (Å²) in [6.07, 6.45) is 0. The number of rotatable bonds is 8. The van der Waals surface area contributed by atoms with Crippen LogP contribution in [0.2, 0.25) is 0 Å². The predicted molar refractivity (Wildman–Crippen MR) is 113 cm³/mol. The molecule has 1 heterocycles. The molecule has 0 atom stereocenters. The van der Waals surface area contributed by atoms with Crippen LogP contribution < -0.4 is 24.8 Å². The molecule has 10 heteroatoms. The lowest BCUT2D eigenvalue weighted by molar-refractivity contribution is -0.385. The van der Waals surface area contributed by atoms with E-state index >= 15 is 0 Å². The molecule has 3 aromatic rings. The van der Waals surface area contributed by atoms with Gasteiger partial charge in [0, 0.05) is 17.8 Å². The fourth-order valence-corrected chi connectivity index (χ4v) is 2.79. The molecule has 30 heavy (non-hydrogen) atoms. The number of anilines is 4. The fourth-order valence-electron chi connectivity index (χ4n) is 2.79. The van der Waals surface area contributed by atoms with Crippen LogP contribution in [0.5, 0.6) is 17.2 Å². The van der Waals surface area contributed by atoms with E-state index in [2.05, 4.69) is 20.6 Å². The second-order valence-corrected chi connectivity index (χ2v) is 6.14. The van der Waals surface area contributed by atoms with Gasteiger partial charge in [0.05, 0.1) is 31.9 Å².